The van der Waals surface area contributed by atoms with E-state index in [1.807, 2.05) is 23.3 Å². The third-order valence-corrected chi connectivity index (χ3v) is 6.90. The van der Waals surface area contributed by atoms with Gasteiger partial charge in [0.2, 0.25) is 0 Å². The number of ketones is 1. The van der Waals surface area contributed by atoms with Crippen LogP contribution in [0, 0.1) is 5.41 Å². The molecule has 0 bridgehead atoms. The van der Waals surface area contributed by atoms with Crippen LogP contribution in [0.1, 0.15) is 50.0 Å². The van der Waals surface area contributed by atoms with Gasteiger partial charge in [-0.2, -0.15) is 0 Å². The molecule has 0 aliphatic heterocycles. The van der Waals surface area contributed by atoms with E-state index in [4.69, 9.17) is 0 Å². The molecule has 0 aromatic carbocycles. The van der Waals surface area contributed by atoms with E-state index in [1.54, 1.807) is 22.7 Å². The van der Waals surface area contributed by atoms with Crippen LogP contribution in [-0.2, 0) is 6.42 Å². The predicted molar refractivity (Wildman–Crippen MR) is 92.9 cm³/mol. The predicted octanol–water partition coefficient (Wildman–Crippen LogP) is 5.53. The SMILES string of the molecule is CC(C)Sc1sc(-c2nccs2)c2c1C(=O)CC(C)(C)C2. The summed E-state index contributed by atoms with van der Waals surface area (Å²) in [5, 5.41) is 3.55. The van der Waals surface area contributed by atoms with Gasteiger partial charge < -0.3 is 0 Å². The molecule has 1 aliphatic carbocycles. The van der Waals surface area contributed by atoms with E-state index in [1.165, 1.54) is 14.6 Å². The zero-order valence-corrected chi connectivity index (χ0v) is 15.2. The number of aromatic nitrogens is 1. The van der Waals surface area contributed by atoms with Gasteiger partial charge in [0.05, 0.1) is 9.09 Å². The summed E-state index contributed by atoms with van der Waals surface area (Å²) >= 11 is 5.23. The number of rotatable bonds is 3. The Morgan fingerprint density at radius 3 is 2.71 bits per heavy atom. The summed E-state index contributed by atoms with van der Waals surface area (Å²) in [6.07, 6.45) is 3.47. The molecule has 2 aromatic rings. The molecule has 0 spiro atoms. The van der Waals surface area contributed by atoms with Crippen LogP contribution in [-0.4, -0.2) is 16.0 Å². The second kappa shape index (κ2) is 5.52. The highest BCUT2D eigenvalue weighted by molar-refractivity contribution is 8.01. The molecule has 21 heavy (non-hydrogen) atoms. The van der Waals surface area contributed by atoms with Crippen LogP contribution in [0.25, 0.3) is 9.88 Å². The summed E-state index contributed by atoms with van der Waals surface area (Å²) in [6, 6.07) is 0. The zero-order chi connectivity index (χ0) is 15.2. The van der Waals surface area contributed by atoms with Crippen molar-refractivity contribution in [3.05, 3.63) is 22.7 Å². The van der Waals surface area contributed by atoms with Crippen molar-refractivity contribution in [3.8, 4) is 9.88 Å². The van der Waals surface area contributed by atoms with Gasteiger partial charge in [0.1, 0.15) is 5.01 Å². The molecule has 0 saturated heterocycles. The van der Waals surface area contributed by atoms with Crippen molar-refractivity contribution >= 4 is 40.2 Å². The minimum atomic E-state index is 0.0525. The van der Waals surface area contributed by atoms with E-state index in [0.29, 0.717) is 17.5 Å². The maximum absolute atomic E-state index is 12.7. The molecule has 2 nitrogen and oxygen atoms in total. The molecule has 0 amide bonds. The highest BCUT2D eigenvalue weighted by atomic mass is 32.2. The van der Waals surface area contributed by atoms with E-state index in [9.17, 15) is 4.79 Å². The first-order valence-electron chi connectivity index (χ1n) is 7.13. The van der Waals surface area contributed by atoms with Gasteiger partial charge in [-0.1, -0.05) is 27.7 Å². The maximum atomic E-state index is 12.7. The monoisotopic (exact) mass is 337 g/mol. The van der Waals surface area contributed by atoms with E-state index in [0.717, 1.165) is 17.0 Å². The molecule has 2 heterocycles. The topological polar surface area (TPSA) is 30.0 Å². The fraction of sp³-hybridized carbons (Fsp3) is 0.500. The number of thiazole rings is 1. The number of Topliss-reactive ketones (excluding diaryl/α,β-unsaturated/α-hetero) is 1. The maximum Gasteiger partial charge on any atom is 0.165 e. The highest BCUT2D eigenvalue weighted by Crippen LogP contribution is 2.49. The van der Waals surface area contributed by atoms with Gasteiger partial charge in [-0.25, -0.2) is 4.98 Å². The summed E-state index contributed by atoms with van der Waals surface area (Å²) in [6.45, 7) is 8.73. The molecule has 2 aromatic heterocycles. The Hall–Kier alpha value is -0.650. The average molecular weight is 338 g/mol. The van der Waals surface area contributed by atoms with Crippen molar-refractivity contribution in [2.75, 3.05) is 0 Å². The summed E-state index contributed by atoms with van der Waals surface area (Å²) in [7, 11) is 0. The largest absolute Gasteiger partial charge is 0.294 e. The number of carbonyl (C=O) groups is 1. The fourth-order valence-electron chi connectivity index (χ4n) is 2.76. The van der Waals surface area contributed by atoms with Gasteiger partial charge in [0.15, 0.2) is 5.78 Å². The summed E-state index contributed by atoms with van der Waals surface area (Å²) in [5.41, 5.74) is 2.28. The van der Waals surface area contributed by atoms with Crippen molar-refractivity contribution < 1.29 is 4.79 Å². The molecule has 0 atom stereocenters. The first-order valence-corrected chi connectivity index (χ1v) is 9.70. The van der Waals surface area contributed by atoms with Gasteiger partial charge in [-0.05, 0) is 17.4 Å². The lowest BCUT2D eigenvalue weighted by Gasteiger charge is -2.29. The third-order valence-electron chi connectivity index (χ3n) is 3.52. The molecular formula is C16H19NOS3. The number of hydrogen-bond acceptors (Lipinski definition) is 5. The molecule has 1 aliphatic rings. The first kappa shape index (κ1) is 15.3. The van der Waals surface area contributed by atoms with Crippen LogP contribution < -0.4 is 0 Å². The lowest BCUT2D eigenvalue weighted by molar-refractivity contribution is 0.0910. The van der Waals surface area contributed by atoms with Crippen LogP contribution >= 0.6 is 34.4 Å². The third kappa shape index (κ3) is 2.96. The highest BCUT2D eigenvalue weighted by Gasteiger charge is 2.36. The lowest BCUT2D eigenvalue weighted by atomic mass is 9.74. The number of thiophene rings is 1. The average Bonchev–Trinajstić information content (AvgIpc) is 2.94. The standard InChI is InChI=1S/C16H19NOS3/c1-9(2)20-15-12-10(7-16(3,4)8-11(12)18)13(21-15)14-17-5-6-19-14/h5-6,9H,7-8H2,1-4H3. The van der Waals surface area contributed by atoms with Gasteiger partial charge >= 0.3 is 0 Å². The summed E-state index contributed by atoms with van der Waals surface area (Å²) in [4.78, 5) is 18.3. The van der Waals surface area contributed by atoms with Crippen LogP contribution in [0.2, 0.25) is 0 Å². The Balaban J connectivity index is 2.17. The number of hydrogen-bond donors (Lipinski definition) is 0. The lowest BCUT2D eigenvalue weighted by Crippen LogP contribution is -2.26. The first-order chi connectivity index (χ1) is 9.87. The van der Waals surface area contributed by atoms with Crippen LogP contribution in [0.5, 0.6) is 0 Å². The van der Waals surface area contributed by atoms with Gasteiger partial charge in [-0.3, -0.25) is 4.79 Å². The van der Waals surface area contributed by atoms with E-state index < -0.39 is 0 Å². The number of carbonyl (C=O) groups excluding carboxylic acids is 1. The van der Waals surface area contributed by atoms with Gasteiger partial charge in [-0.15, -0.1) is 34.4 Å². The smallest absolute Gasteiger partial charge is 0.165 e. The number of fused-ring (bicyclic) bond motifs is 1. The molecule has 0 fully saturated rings. The van der Waals surface area contributed by atoms with Crippen molar-refractivity contribution in [1.82, 2.24) is 4.98 Å². The normalized spacial score (nSPS) is 17.3. The zero-order valence-electron chi connectivity index (χ0n) is 12.7. The quantitative estimate of drug-likeness (QED) is 0.690. The fourth-order valence-corrected chi connectivity index (χ4v) is 6.40. The molecule has 3 rings (SSSR count). The molecule has 0 radical (unpaired) electrons. The summed E-state index contributed by atoms with van der Waals surface area (Å²) < 4.78 is 1.19. The van der Waals surface area contributed by atoms with Gasteiger partial charge in [0.25, 0.3) is 0 Å². The van der Waals surface area contributed by atoms with Crippen LogP contribution in [0.3, 0.4) is 0 Å². The second-order valence-corrected chi connectivity index (χ2v) is 10.3. The van der Waals surface area contributed by atoms with E-state index in [2.05, 4.69) is 32.7 Å². The van der Waals surface area contributed by atoms with Gasteiger partial charge in [0, 0.05) is 28.8 Å². The Morgan fingerprint density at radius 2 is 2.10 bits per heavy atom. The molecular weight excluding hydrogens is 318 g/mol. The number of thioether (sulfide) groups is 1. The Morgan fingerprint density at radius 1 is 1.33 bits per heavy atom. The van der Waals surface area contributed by atoms with E-state index in [-0.39, 0.29) is 5.41 Å². The van der Waals surface area contributed by atoms with Crippen molar-refractivity contribution in [1.29, 1.82) is 0 Å². The number of nitrogens with zero attached hydrogens (tertiary/aromatic N) is 1. The molecule has 112 valence electrons. The molecule has 0 unspecified atom stereocenters. The van der Waals surface area contributed by atoms with E-state index >= 15 is 0 Å². The minimum absolute atomic E-state index is 0.0525. The Kier molecular flexibility index (Phi) is 4.01. The van der Waals surface area contributed by atoms with Crippen molar-refractivity contribution in [2.45, 2.75) is 50.0 Å². The summed E-state index contributed by atoms with van der Waals surface area (Å²) in [5.74, 6) is 0.309. The van der Waals surface area contributed by atoms with Crippen LogP contribution in [0.15, 0.2) is 15.8 Å². The Bertz CT molecular complexity index is 668. The molecule has 5 heteroatoms. The minimum Gasteiger partial charge on any atom is -0.294 e. The molecule has 0 N–H and O–H groups in total. The Labute approximate surface area is 138 Å². The second-order valence-electron chi connectivity index (χ2n) is 6.52. The molecule has 0 saturated carbocycles. The van der Waals surface area contributed by atoms with Crippen molar-refractivity contribution in [3.63, 3.8) is 0 Å². The van der Waals surface area contributed by atoms with Crippen molar-refractivity contribution in [2.24, 2.45) is 5.41 Å². The van der Waals surface area contributed by atoms with Crippen LogP contribution in [0.4, 0.5) is 0 Å².